The Kier molecular flexibility index (Phi) is 4.01. The molecule has 0 aliphatic carbocycles. The summed E-state index contributed by atoms with van der Waals surface area (Å²) in [5.74, 6) is -1.64. The molecule has 0 amide bonds. The van der Waals surface area contributed by atoms with Gasteiger partial charge in [0.2, 0.25) is 0 Å². The van der Waals surface area contributed by atoms with Gasteiger partial charge in [-0.1, -0.05) is 22.9 Å². The molecule has 1 atom stereocenters. The Morgan fingerprint density at radius 3 is 2.43 bits per heavy atom. The summed E-state index contributed by atoms with van der Waals surface area (Å²) in [4.78, 5) is 0. The van der Waals surface area contributed by atoms with E-state index in [1.165, 1.54) is 6.07 Å². The summed E-state index contributed by atoms with van der Waals surface area (Å²) < 4.78 is 26.4. The largest absolute Gasteiger partial charge is 0.313 e. The molecule has 4 heteroatoms. The number of rotatable bonds is 3. The third-order valence-corrected chi connectivity index (χ3v) is 2.86. The molecule has 0 saturated heterocycles. The van der Waals surface area contributed by atoms with Gasteiger partial charge in [-0.3, -0.25) is 0 Å². The highest BCUT2D eigenvalue weighted by molar-refractivity contribution is 9.10. The Hall–Kier alpha value is -0.480. The van der Waals surface area contributed by atoms with Crippen LogP contribution in [0.5, 0.6) is 0 Å². The maximum atomic E-state index is 13.0. The summed E-state index contributed by atoms with van der Waals surface area (Å²) in [6.07, 6.45) is 0.820. The van der Waals surface area contributed by atoms with E-state index in [9.17, 15) is 8.78 Å². The molecule has 1 rings (SSSR count). The molecule has 0 saturated carbocycles. The highest BCUT2D eigenvalue weighted by Gasteiger charge is 2.14. The predicted octanol–water partition coefficient (Wildman–Crippen LogP) is 3.40. The topological polar surface area (TPSA) is 12.0 Å². The summed E-state index contributed by atoms with van der Waals surface area (Å²) in [6.45, 7) is 1.98. The molecule has 0 aliphatic rings. The lowest BCUT2D eigenvalue weighted by Gasteiger charge is -2.16. The number of benzene rings is 1. The molecule has 0 bridgehead atoms. The zero-order chi connectivity index (χ0) is 10.7. The maximum Gasteiger partial charge on any atom is 0.159 e. The monoisotopic (exact) mass is 263 g/mol. The van der Waals surface area contributed by atoms with Crippen molar-refractivity contribution < 1.29 is 8.78 Å². The quantitative estimate of drug-likeness (QED) is 0.825. The van der Waals surface area contributed by atoms with Crippen molar-refractivity contribution in [1.82, 2.24) is 5.32 Å². The molecule has 0 aliphatic heterocycles. The van der Waals surface area contributed by atoms with Crippen molar-refractivity contribution in [3.63, 3.8) is 0 Å². The van der Waals surface area contributed by atoms with Crippen molar-refractivity contribution in [3.05, 3.63) is 33.8 Å². The Bertz CT molecular complexity index is 324. The van der Waals surface area contributed by atoms with E-state index in [1.807, 2.05) is 6.92 Å². The highest BCUT2D eigenvalue weighted by atomic mass is 79.9. The molecular weight excluding hydrogens is 252 g/mol. The Morgan fingerprint density at radius 2 is 1.93 bits per heavy atom. The second-order valence-electron chi connectivity index (χ2n) is 3.04. The van der Waals surface area contributed by atoms with Gasteiger partial charge in [0, 0.05) is 10.5 Å². The third kappa shape index (κ3) is 2.30. The van der Waals surface area contributed by atoms with Gasteiger partial charge in [-0.25, -0.2) is 8.78 Å². The van der Waals surface area contributed by atoms with Gasteiger partial charge in [-0.15, -0.1) is 0 Å². The highest BCUT2D eigenvalue weighted by Crippen LogP contribution is 2.27. The second-order valence-corrected chi connectivity index (χ2v) is 3.89. The van der Waals surface area contributed by atoms with E-state index in [4.69, 9.17) is 0 Å². The van der Waals surface area contributed by atoms with Gasteiger partial charge in [0.15, 0.2) is 11.6 Å². The van der Waals surface area contributed by atoms with Crippen LogP contribution in [0.3, 0.4) is 0 Å². The second kappa shape index (κ2) is 4.84. The lowest BCUT2D eigenvalue weighted by molar-refractivity contribution is 0.498. The average Bonchev–Trinajstić information content (AvgIpc) is 2.15. The number of hydrogen-bond donors (Lipinski definition) is 1. The van der Waals surface area contributed by atoms with Crippen molar-refractivity contribution in [1.29, 1.82) is 0 Å². The van der Waals surface area contributed by atoms with Crippen molar-refractivity contribution in [3.8, 4) is 0 Å². The lowest BCUT2D eigenvalue weighted by atomic mass is 10.0. The van der Waals surface area contributed by atoms with Crippen molar-refractivity contribution in [2.75, 3.05) is 7.05 Å². The van der Waals surface area contributed by atoms with E-state index < -0.39 is 11.6 Å². The van der Waals surface area contributed by atoms with Crippen LogP contribution in [-0.4, -0.2) is 7.05 Å². The van der Waals surface area contributed by atoms with Crippen LogP contribution in [0.25, 0.3) is 0 Å². The summed E-state index contributed by atoms with van der Waals surface area (Å²) in [6, 6.07) is 2.42. The molecule has 1 N–H and O–H groups in total. The minimum atomic E-state index is -0.827. The molecule has 1 unspecified atom stereocenters. The number of hydrogen-bond acceptors (Lipinski definition) is 1. The van der Waals surface area contributed by atoms with Crippen LogP contribution in [0, 0.1) is 11.6 Å². The molecule has 1 aromatic rings. The normalized spacial score (nSPS) is 12.9. The van der Waals surface area contributed by atoms with Crippen LogP contribution in [0.2, 0.25) is 0 Å². The first-order valence-electron chi connectivity index (χ1n) is 4.41. The predicted molar refractivity (Wildman–Crippen MR) is 56.1 cm³/mol. The molecule has 0 spiro atoms. The third-order valence-electron chi connectivity index (χ3n) is 2.17. The standard InChI is InChI=1S/C10H12BrF2N/c1-3-10(14-2)6-4-8(12)9(13)5-7(6)11/h4-5,10,14H,3H2,1-2H3. The van der Waals surface area contributed by atoms with Gasteiger partial charge >= 0.3 is 0 Å². The molecule has 0 aromatic heterocycles. The van der Waals surface area contributed by atoms with Crippen molar-refractivity contribution in [2.45, 2.75) is 19.4 Å². The number of nitrogens with one attached hydrogen (secondary N) is 1. The van der Waals surface area contributed by atoms with Gasteiger partial charge in [-0.2, -0.15) is 0 Å². The fraction of sp³-hybridized carbons (Fsp3) is 0.400. The van der Waals surface area contributed by atoms with Crippen LogP contribution in [0.15, 0.2) is 16.6 Å². The average molecular weight is 264 g/mol. The number of halogens is 3. The van der Waals surface area contributed by atoms with E-state index >= 15 is 0 Å². The van der Waals surface area contributed by atoms with Gasteiger partial charge in [-0.05, 0) is 31.2 Å². The molecule has 0 fully saturated rings. The van der Waals surface area contributed by atoms with E-state index in [-0.39, 0.29) is 6.04 Å². The molecule has 0 heterocycles. The summed E-state index contributed by atoms with van der Waals surface area (Å²) in [5, 5.41) is 3.04. The minimum absolute atomic E-state index is 0.0412. The molecule has 1 nitrogen and oxygen atoms in total. The van der Waals surface area contributed by atoms with Gasteiger partial charge < -0.3 is 5.32 Å². The van der Waals surface area contributed by atoms with E-state index in [0.29, 0.717) is 4.47 Å². The molecule has 0 radical (unpaired) electrons. The zero-order valence-electron chi connectivity index (χ0n) is 8.07. The molecule has 1 aromatic carbocycles. The maximum absolute atomic E-state index is 13.0. The fourth-order valence-electron chi connectivity index (χ4n) is 1.38. The van der Waals surface area contributed by atoms with Crippen LogP contribution in [0.1, 0.15) is 24.9 Å². The summed E-state index contributed by atoms with van der Waals surface area (Å²) in [7, 11) is 1.79. The lowest BCUT2D eigenvalue weighted by Crippen LogP contribution is -2.16. The first-order valence-corrected chi connectivity index (χ1v) is 5.21. The van der Waals surface area contributed by atoms with Crippen molar-refractivity contribution >= 4 is 15.9 Å². The first kappa shape index (κ1) is 11.6. The van der Waals surface area contributed by atoms with E-state index in [1.54, 1.807) is 7.05 Å². The molecule has 78 valence electrons. The Labute approximate surface area is 90.6 Å². The Morgan fingerprint density at radius 1 is 1.36 bits per heavy atom. The van der Waals surface area contributed by atoms with Crippen LogP contribution in [0.4, 0.5) is 8.78 Å². The molecule has 14 heavy (non-hydrogen) atoms. The SMILES string of the molecule is CCC(NC)c1cc(F)c(F)cc1Br. The van der Waals surface area contributed by atoms with E-state index in [2.05, 4.69) is 21.2 Å². The van der Waals surface area contributed by atoms with Gasteiger partial charge in [0.05, 0.1) is 0 Å². The first-order chi connectivity index (χ1) is 6.60. The molecular formula is C10H12BrF2N. The zero-order valence-corrected chi connectivity index (χ0v) is 9.66. The summed E-state index contributed by atoms with van der Waals surface area (Å²) in [5.41, 5.74) is 0.744. The summed E-state index contributed by atoms with van der Waals surface area (Å²) >= 11 is 3.22. The van der Waals surface area contributed by atoms with Gasteiger partial charge in [0.1, 0.15) is 0 Å². The fourth-order valence-corrected chi connectivity index (χ4v) is 1.98. The Balaban J connectivity index is 3.14. The van der Waals surface area contributed by atoms with Crippen LogP contribution < -0.4 is 5.32 Å². The van der Waals surface area contributed by atoms with E-state index in [0.717, 1.165) is 18.1 Å². The van der Waals surface area contributed by atoms with Crippen LogP contribution in [-0.2, 0) is 0 Å². The smallest absolute Gasteiger partial charge is 0.159 e. The minimum Gasteiger partial charge on any atom is -0.313 e. The van der Waals surface area contributed by atoms with Crippen molar-refractivity contribution in [2.24, 2.45) is 0 Å². The van der Waals surface area contributed by atoms with Gasteiger partial charge in [0.25, 0.3) is 0 Å². The van der Waals surface area contributed by atoms with Crippen LogP contribution >= 0.6 is 15.9 Å².